The number of fused-ring (bicyclic) bond motifs is 1. The van der Waals surface area contributed by atoms with Gasteiger partial charge >= 0.3 is 0 Å². The van der Waals surface area contributed by atoms with E-state index in [4.69, 9.17) is 0 Å². The van der Waals surface area contributed by atoms with Gasteiger partial charge in [-0.05, 0) is 38.5 Å². The minimum absolute atomic E-state index is 0.0630. The van der Waals surface area contributed by atoms with Crippen LogP contribution in [0.1, 0.15) is 24.4 Å². The molecular weight excluding hydrogens is 438 g/mol. The Labute approximate surface area is 183 Å². The van der Waals surface area contributed by atoms with Crippen molar-refractivity contribution in [2.75, 3.05) is 17.6 Å². The smallest absolute Gasteiger partial charge is 0.262 e. The van der Waals surface area contributed by atoms with E-state index in [9.17, 15) is 13.2 Å². The fraction of sp³-hybridized carbons (Fsp3) is 0.316. The summed E-state index contributed by atoms with van der Waals surface area (Å²) in [6.07, 6.45) is 1.45. The number of amidine groups is 1. The molecule has 3 heterocycles. The van der Waals surface area contributed by atoms with Crippen LogP contribution in [0.5, 0.6) is 0 Å². The van der Waals surface area contributed by atoms with Gasteiger partial charge in [0.15, 0.2) is 10.8 Å². The Morgan fingerprint density at radius 3 is 2.84 bits per heavy atom. The zero-order chi connectivity index (χ0) is 22.0. The van der Waals surface area contributed by atoms with Crippen molar-refractivity contribution >= 4 is 44.9 Å². The van der Waals surface area contributed by atoms with Crippen LogP contribution in [0.15, 0.2) is 45.4 Å². The molecule has 0 bridgehead atoms. The second-order valence-corrected chi connectivity index (χ2v) is 9.65. The molecule has 4 rings (SSSR count). The van der Waals surface area contributed by atoms with Gasteiger partial charge in [-0.3, -0.25) is 18.9 Å². The first kappa shape index (κ1) is 21.2. The highest BCUT2D eigenvalue weighted by Crippen LogP contribution is 2.20. The molecule has 0 atom stereocenters. The van der Waals surface area contributed by atoms with Crippen molar-refractivity contribution in [1.82, 2.24) is 24.3 Å². The molecule has 2 aromatic heterocycles. The third kappa shape index (κ3) is 4.85. The third-order valence-electron chi connectivity index (χ3n) is 4.55. The van der Waals surface area contributed by atoms with Crippen LogP contribution in [-0.4, -0.2) is 52.0 Å². The number of nitrogens with zero attached hydrogens (tertiary/aromatic N) is 5. The van der Waals surface area contributed by atoms with Gasteiger partial charge in [-0.15, -0.1) is 10.2 Å². The number of hydrogen-bond donors (Lipinski definition) is 2. The summed E-state index contributed by atoms with van der Waals surface area (Å²) in [6.45, 7) is 4.36. The zero-order valence-corrected chi connectivity index (χ0v) is 18.6. The summed E-state index contributed by atoms with van der Waals surface area (Å²) in [7, 11) is -3.75. The first-order chi connectivity index (χ1) is 14.8. The van der Waals surface area contributed by atoms with Gasteiger partial charge < -0.3 is 5.32 Å². The van der Waals surface area contributed by atoms with Crippen LogP contribution in [0, 0.1) is 13.8 Å². The van der Waals surface area contributed by atoms with Gasteiger partial charge in [-0.1, -0.05) is 17.8 Å². The summed E-state index contributed by atoms with van der Waals surface area (Å²) in [5, 5.41) is 11.5. The van der Waals surface area contributed by atoms with Gasteiger partial charge in [0.1, 0.15) is 11.7 Å². The Hall–Kier alpha value is -2.99. The zero-order valence-electron chi connectivity index (χ0n) is 17.0. The lowest BCUT2D eigenvalue weighted by Crippen LogP contribution is -2.29. The van der Waals surface area contributed by atoms with E-state index in [0.29, 0.717) is 35.3 Å². The van der Waals surface area contributed by atoms with E-state index < -0.39 is 10.0 Å². The fourth-order valence-electron chi connectivity index (χ4n) is 3.20. The van der Waals surface area contributed by atoms with E-state index in [2.05, 4.69) is 30.2 Å². The van der Waals surface area contributed by atoms with Crippen LogP contribution in [0.3, 0.4) is 0 Å². The van der Waals surface area contributed by atoms with Crippen molar-refractivity contribution in [3.8, 4) is 0 Å². The number of amides is 1. The predicted molar refractivity (Wildman–Crippen MR) is 118 cm³/mol. The SMILES string of the molecule is Cc1cc2nnc(SCC(=O)Nc3cccc(S(=O)(=O)NC4=NCCC4)c3)n2c(C)n1. The second kappa shape index (κ2) is 8.63. The lowest BCUT2D eigenvalue weighted by molar-refractivity contribution is -0.113. The molecule has 0 aliphatic carbocycles. The maximum absolute atomic E-state index is 12.6. The molecule has 0 radical (unpaired) electrons. The molecule has 10 nitrogen and oxygen atoms in total. The molecule has 1 amide bonds. The molecule has 162 valence electrons. The van der Waals surface area contributed by atoms with Gasteiger partial charge in [0.2, 0.25) is 5.91 Å². The lowest BCUT2D eigenvalue weighted by atomic mass is 10.3. The van der Waals surface area contributed by atoms with E-state index >= 15 is 0 Å². The monoisotopic (exact) mass is 459 g/mol. The Morgan fingerprint density at radius 2 is 2.06 bits per heavy atom. The standard InChI is InChI=1S/C19H21N7O3S2/c1-12-9-17-23-24-19(26(17)13(2)21-12)30-11-18(27)22-14-5-3-6-15(10-14)31(28,29)25-16-7-4-8-20-16/h3,5-6,9-10H,4,7-8,11H2,1-2H3,(H,20,25)(H,22,27). The van der Waals surface area contributed by atoms with Crippen LogP contribution in [-0.2, 0) is 14.8 Å². The summed E-state index contributed by atoms with van der Waals surface area (Å²) < 4.78 is 29.4. The normalized spacial score (nSPS) is 13.9. The quantitative estimate of drug-likeness (QED) is 0.539. The molecule has 0 saturated heterocycles. The molecule has 0 spiro atoms. The first-order valence-corrected chi connectivity index (χ1v) is 12.1. The maximum Gasteiger partial charge on any atom is 0.262 e. The van der Waals surface area contributed by atoms with Crippen molar-refractivity contribution in [3.63, 3.8) is 0 Å². The maximum atomic E-state index is 12.6. The number of rotatable bonds is 6. The van der Waals surface area contributed by atoms with Crippen molar-refractivity contribution in [3.05, 3.63) is 41.9 Å². The van der Waals surface area contributed by atoms with Gasteiger partial charge in [-0.2, -0.15) is 0 Å². The van der Waals surface area contributed by atoms with Gasteiger partial charge in [0, 0.05) is 30.4 Å². The van der Waals surface area contributed by atoms with E-state index in [-0.39, 0.29) is 16.6 Å². The highest BCUT2D eigenvalue weighted by molar-refractivity contribution is 7.99. The van der Waals surface area contributed by atoms with Gasteiger partial charge in [-0.25, -0.2) is 13.4 Å². The van der Waals surface area contributed by atoms with E-state index in [0.717, 1.165) is 17.9 Å². The molecule has 2 N–H and O–H groups in total. The van der Waals surface area contributed by atoms with Crippen molar-refractivity contribution in [2.24, 2.45) is 4.99 Å². The number of aliphatic imine (C=N–C) groups is 1. The average molecular weight is 460 g/mol. The molecule has 1 aliphatic rings. The molecule has 0 unspecified atom stereocenters. The molecule has 1 aliphatic heterocycles. The number of anilines is 1. The average Bonchev–Trinajstić information content (AvgIpc) is 3.36. The Balaban J connectivity index is 1.42. The van der Waals surface area contributed by atoms with Crippen molar-refractivity contribution in [1.29, 1.82) is 0 Å². The topological polar surface area (TPSA) is 131 Å². The Morgan fingerprint density at radius 1 is 1.23 bits per heavy atom. The van der Waals surface area contributed by atoms with E-state index in [1.165, 1.54) is 23.9 Å². The molecule has 1 aromatic carbocycles. The Bertz CT molecular complexity index is 1280. The number of aromatic nitrogens is 4. The first-order valence-electron chi connectivity index (χ1n) is 9.60. The number of carbonyl (C=O) groups is 1. The molecule has 31 heavy (non-hydrogen) atoms. The number of benzene rings is 1. The van der Waals surface area contributed by atoms with Crippen LogP contribution in [0.2, 0.25) is 0 Å². The number of carbonyl (C=O) groups excluding carboxylic acids is 1. The molecule has 0 saturated carbocycles. The van der Waals surface area contributed by atoms with Crippen LogP contribution in [0.4, 0.5) is 5.69 Å². The summed E-state index contributed by atoms with van der Waals surface area (Å²) in [4.78, 5) is 21.0. The predicted octanol–water partition coefficient (Wildman–Crippen LogP) is 1.94. The van der Waals surface area contributed by atoms with Crippen LogP contribution < -0.4 is 10.0 Å². The minimum atomic E-state index is -3.75. The molecular formula is C19H21N7O3S2. The lowest BCUT2D eigenvalue weighted by Gasteiger charge is -2.10. The highest BCUT2D eigenvalue weighted by atomic mass is 32.2. The summed E-state index contributed by atoms with van der Waals surface area (Å²) in [5.74, 6) is 0.994. The summed E-state index contributed by atoms with van der Waals surface area (Å²) in [5.41, 5.74) is 1.91. The summed E-state index contributed by atoms with van der Waals surface area (Å²) in [6, 6.07) is 7.93. The van der Waals surface area contributed by atoms with Crippen molar-refractivity contribution < 1.29 is 13.2 Å². The molecule has 0 fully saturated rings. The van der Waals surface area contributed by atoms with Crippen LogP contribution in [0.25, 0.3) is 5.65 Å². The summed E-state index contributed by atoms with van der Waals surface area (Å²) >= 11 is 1.23. The highest BCUT2D eigenvalue weighted by Gasteiger charge is 2.19. The third-order valence-corrected chi connectivity index (χ3v) is 6.85. The number of thioether (sulfide) groups is 1. The van der Waals surface area contributed by atoms with Crippen LogP contribution >= 0.6 is 11.8 Å². The number of hydrogen-bond acceptors (Lipinski definition) is 8. The van der Waals surface area contributed by atoms with Gasteiger partial charge in [0.25, 0.3) is 10.0 Å². The second-order valence-electron chi connectivity index (χ2n) is 7.02. The fourth-order valence-corrected chi connectivity index (χ4v) is 5.12. The Kier molecular flexibility index (Phi) is 5.92. The van der Waals surface area contributed by atoms with E-state index in [1.807, 2.05) is 19.9 Å². The molecule has 3 aromatic rings. The molecule has 12 heteroatoms. The van der Waals surface area contributed by atoms with Crippen molar-refractivity contribution in [2.45, 2.75) is 36.7 Å². The van der Waals surface area contributed by atoms with E-state index in [1.54, 1.807) is 16.5 Å². The van der Waals surface area contributed by atoms with Gasteiger partial charge in [0.05, 0.1) is 10.6 Å². The number of sulfonamides is 1. The minimum Gasteiger partial charge on any atom is -0.325 e. The number of nitrogens with one attached hydrogen (secondary N) is 2. The largest absolute Gasteiger partial charge is 0.325 e. The number of aryl methyl sites for hydroxylation is 2.